The van der Waals surface area contributed by atoms with Crippen LogP contribution in [0.3, 0.4) is 0 Å². The maximum atomic E-state index is 13.5. The average molecular weight is 400 g/mol. The number of carbonyl (C=O) groups excluding carboxylic acids is 2. The Morgan fingerprint density at radius 3 is 2.75 bits per heavy atom. The highest BCUT2D eigenvalue weighted by molar-refractivity contribution is 7.14. The van der Waals surface area contributed by atoms with E-state index < -0.39 is 5.91 Å². The lowest BCUT2D eigenvalue weighted by Gasteiger charge is -2.05. The van der Waals surface area contributed by atoms with E-state index in [-0.39, 0.29) is 23.7 Å². The number of hydrogen-bond acceptors (Lipinski definition) is 5. The summed E-state index contributed by atoms with van der Waals surface area (Å²) in [5, 5.41) is 7.43. The summed E-state index contributed by atoms with van der Waals surface area (Å²) in [7, 11) is 0. The van der Waals surface area contributed by atoms with E-state index in [9.17, 15) is 18.8 Å². The molecule has 2 heterocycles. The molecule has 9 heteroatoms. The zero-order chi connectivity index (χ0) is 20.1. The smallest absolute Gasteiger partial charge is 0.258 e. The number of H-pyrrole nitrogens is 1. The first-order valence-corrected chi connectivity index (χ1v) is 9.29. The molecule has 0 radical (unpaired) electrons. The van der Waals surface area contributed by atoms with E-state index in [1.54, 1.807) is 24.4 Å². The minimum atomic E-state index is -0.392. The van der Waals surface area contributed by atoms with Gasteiger partial charge in [-0.2, -0.15) is 0 Å². The lowest BCUT2D eigenvalue weighted by atomic mass is 10.2. The van der Waals surface area contributed by atoms with Gasteiger partial charge in [-0.15, -0.1) is 11.3 Å². The van der Waals surface area contributed by atoms with Gasteiger partial charge in [0.25, 0.3) is 5.91 Å². The Hall–Kier alpha value is -3.33. The van der Waals surface area contributed by atoms with Crippen LogP contribution in [0, 0.1) is 12.7 Å². The molecule has 0 aliphatic rings. The lowest BCUT2D eigenvalue weighted by Crippen LogP contribution is -2.14. The van der Waals surface area contributed by atoms with Crippen LogP contribution in [0.5, 0.6) is 0 Å². The number of aromatic amines is 1. The average Bonchev–Trinajstić information content (AvgIpc) is 3.11. The highest BCUT2D eigenvalue weighted by Gasteiger charge is 2.11. The third kappa shape index (κ3) is 5.10. The fourth-order valence-corrected chi connectivity index (χ4v) is 3.08. The molecule has 0 spiro atoms. The Morgan fingerprint density at radius 1 is 1.21 bits per heavy atom. The zero-order valence-electron chi connectivity index (χ0n) is 14.9. The number of carbonyl (C=O) groups is 2. The molecule has 0 saturated heterocycles. The number of pyridine rings is 1. The van der Waals surface area contributed by atoms with E-state index in [1.807, 2.05) is 0 Å². The summed E-state index contributed by atoms with van der Waals surface area (Å²) in [6.45, 7) is 1.65. The van der Waals surface area contributed by atoms with E-state index in [0.29, 0.717) is 34.1 Å². The molecule has 144 valence electrons. The molecular formula is C19H17FN4O3S. The monoisotopic (exact) mass is 400 g/mol. The van der Waals surface area contributed by atoms with Crippen molar-refractivity contribution in [2.75, 3.05) is 10.6 Å². The molecule has 0 aliphatic carbocycles. The molecule has 0 unspecified atom stereocenters. The normalized spacial score (nSPS) is 10.5. The Labute approximate surface area is 163 Å². The number of anilines is 2. The van der Waals surface area contributed by atoms with E-state index in [4.69, 9.17) is 0 Å². The molecule has 1 aromatic carbocycles. The van der Waals surface area contributed by atoms with Crippen LogP contribution in [-0.4, -0.2) is 21.8 Å². The van der Waals surface area contributed by atoms with Gasteiger partial charge in [-0.25, -0.2) is 9.37 Å². The van der Waals surface area contributed by atoms with Crippen molar-refractivity contribution in [1.29, 1.82) is 0 Å². The highest BCUT2D eigenvalue weighted by atomic mass is 32.1. The molecular weight excluding hydrogens is 383 g/mol. The van der Waals surface area contributed by atoms with Gasteiger partial charge in [-0.1, -0.05) is 6.07 Å². The van der Waals surface area contributed by atoms with Crippen LogP contribution in [0.1, 0.15) is 28.0 Å². The fraction of sp³-hybridized carbons (Fsp3) is 0.158. The maximum absolute atomic E-state index is 13.5. The number of hydrogen-bond donors (Lipinski definition) is 3. The predicted octanol–water partition coefficient (Wildman–Crippen LogP) is 3.10. The largest absolute Gasteiger partial charge is 0.328 e. The Morgan fingerprint density at radius 2 is 2.04 bits per heavy atom. The molecule has 0 atom stereocenters. The third-order valence-corrected chi connectivity index (χ3v) is 4.69. The van der Waals surface area contributed by atoms with Crippen molar-refractivity contribution in [2.45, 2.75) is 19.8 Å². The number of benzene rings is 1. The second kappa shape index (κ2) is 8.57. The summed E-state index contributed by atoms with van der Waals surface area (Å²) in [5.41, 5.74) is 1.59. The van der Waals surface area contributed by atoms with Crippen molar-refractivity contribution in [3.8, 4) is 0 Å². The third-order valence-electron chi connectivity index (χ3n) is 3.88. The Balaban J connectivity index is 1.52. The SMILES string of the molecule is Cc1ccc(NC(=O)CCc2csc(NC(=O)c3ccc(=O)[nH]c3)n2)cc1F. The summed E-state index contributed by atoms with van der Waals surface area (Å²) in [5.74, 6) is -1.02. The number of halogens is 1. The van der Waals surface area contributed by atoms with Crippen LogP contribution in [0.15, 0.2) is 46.7 Å². The number of nitrogens with zero attached hydrogens (tertiary/aromatic N) is 1. The first-order chi connectivity index (χ1) is 13.4. The molecule has 28 heavy (non-hydrogen) atoms. The number of amides is 2. The van der Waals surface area contributed by atoms with Crippen LogP contribution in [0.2, 0.25) is 0 Å². The lowest BCUT2D eigenvalue weighted by molar-refractivity contribution is -0.116. The van der Waals surface area contributed by atoms with Crippen LogP contribution >= 0.6 is 11.3 Å². The molecule has 3 rings (SSSR count). The first-order valence-electron chi connectivity index (χ1n) is 8.41. The van der Waals surface area contributed by atoms with Crippen LogP contribution < -0.4 is 16.2 Å². The topological polar surface area (TPSA) is 104 Å². The van der Waals surface area contributed by atoms with Gasteiger partial charge in [-0.3, -0.25) is 19.7 Å². The standard InChI is InChI=1S/C19H17FN4O3S/c1-11-2-4-13(8-15(11)20)22-17(26)7-5-14-10-28-19(23-14)24-18(27)12-3-6-16(25)21-9-12/h2-4,6,8-10H,5,7H2,1H3,(H,21,25)(H,22,26)(H,23,24,27). The minimum absolute atomic E-state index is 0.173. The second-order valence-corrected chi connectivity index (χ2v) is 6.91. The Kier molecular flexibility index (Phi) is 5.95. The number of aromatic nitrogens is 2. The summed E-state index contributed by atoms with van der Waals surface area (Å²) in [6.07, 6.45) is 1.88. The highest BCUT2D eigenvalue weighted by Crippen LogP contribution is 2.18. The number of rotatable bonds is 6. The molecule has 0 aliphatic heterocycles. The van der Waals surface area contributed by atoms with Gasteiger partial charge in [-0.05, 0) is 37.1 Å². The van der Waals surface area contributed by atoms with Gasteiger partial charge in [0.1, 0.15) is 5.82 Å². The van der Waals surface area contributed by atoms with Gasteiger partial charge in [0.05, 0.1) is 11.3 Å². The molecule has 2 amide bonds. The summed E-state index contributed by atoms with van der Waals surface area (Å²) in [4.78, 5) is 41.8. The van der Waals surface area contributed by atoms with Gasteiger partial charge in [0.2, 0.25) is 11.5 Å². The second-order valence-electron chi connectivity index (χ2n) is 6.05. The maximum Gasteiger partial charge on any atom is 0.258 e. The van der Waals surface area contributed by atoms with E-state index in [1.165, 1.54) is 35.7 Å². The van der Waals surface area contributed by atoms with Crippen LogP contribution in [0.4, 0.5) is 15.2 Å². The van der Waals surface area contributed by atoms with E-state index in [2.05, 4.69) is 20.6 Å². The van der Waals surface area contributed by atoms with Crippen molar-refractivity contribution in [3.05, 3.63) is 74.9 Å². The summed E-state index contributed by atoms with van der Waals surface area (Å²) >= 11 is 1.24. The summed E-state index contributed by atoms with van der Waals surface area (Å²) < 4.78 is 13.5. The van der Waals surface area contributed by atoms with E-state index in [0.717, 1.165) is 0 Å². The molecule has 0 saturated carbocycles. The molecule has 3 N–H and O–H groups in total. The predicted molar refractivity (Wildman–Crippen MR) is 105 cm³/mol. The van der Waals surface area contributed by atoms with Crippen molar-refractivity contribution in [1.82, 2.24) is 9.97 Å². The van der Waals surface area contributed by atoms with Crippen molar-refractivity contribution >= 4 is 34.0 Å². The molecule has 3 aromatic rings. The van der Waals surface area contributed by atoms with Crippen LogP contribution in [-0.2, 0) is 11.2 Å². The van der Waals surface area contributed by atoms with Crippen molar-refractivity contribution < 1.29 is 14.0 Å². The molecule has 0 bridgehead atoms. The van der Waals surface area contributed by atoms with Crippen LogP contribution in [0.25, 0.3) is 0 Å². The number of thiazole rings is 1. The Bertz CT molecular complexity index is 1060. The van der Waals surface area contributed by atoms with Gasteiger partial charge < -0.3 is 10.3 Å². The molecule has 7 nitrogen and oxygen atoms in total. The van der Waals surface area contributed by atoms with Gasteiger partial charge in [0, 0.05) is 29.8 Å². The van der Waals surface area contributed by atoms with Gasteiger partial charge in [0.15, 0.2) is 5.13 Å². The number of nitrogens with one attached hydrogen (secondary N) is 3. The van der Waals surface area contributed by atoms with Crippen molar-refractivity contribution in [3.63, 3.8) is 0 Å². The number of aryl methyl sites for hydroxylation is 2. The fourth-order valence-electron chi connectivity index (χ4n) is 2.34. The van der Waals surface area contributed by atoms with E-state index >= 15 is 0 Å². The summed E-state index contributed by atoms with van der Waals surface area (Å²) in [6, 6.07) is 7.20. The quantitative estimate of drug-likeness (QED) is 0.591. The van der Waals surface area contributed by atoms with Gasteiger partial charge >= 0.3 is 0 Å². The molecule has 0 fully saturated rings. The molecule has 2 aromatic heterocycles. The first kappa shape index (κ1) is 19.4. The minimum Gasteiger partial charge on any atom is -0.328 e. The zero-order valence-corrected chi connectivity index (χ0v) is 15.7. The van der Waals surface area contributed by atoms with Crippen molar-refractivity contribution in [2.24, 2.45) is 0 Å².